The van der Waals surface area contributed by atoms with Gasteiger partial charge in [0.2, 0.25) is 5.91 Å². The van der Waals surface area contributed by atoms with Crippen molar-refractivity contribution >= 4 is 46.8 Å². The molecule has 142 valence electrons. The first kappa shape index (κ1) is 19.4. The molecule has 3 rings (SSSR count). The number of amides is 1. The number of aliphatic carboxylic acids is 1. The van der Waals surface area contributed by atoms with Gasteiger partial charge in [-0.15, -0.1) is 5.10 Å². The lowest BCUT2D eigenvalue weighted by Gasteiger charge is -2.15. The van der Waals surface area contributed by atoms with Gasteiger partial charge in [-0.3, -0.25) is 14.5 Å². The molecule has 1 amide bonds. The van der Waals surface area contributed by atoms with E-state index in [1.54, 1.807) is 18.2 Å². The van der Waals surface area contributed by atoms with Crippen molar-refractivity contribution in [2.24, 2.45) is 10.2 Å². The quantitative estimate of drug-likeness (QED) is 0.577. The molecule has 1 heterocycles. The van der Waals surface area contributed by atoms with Crippen molar-refractivity contribution in [2.75, 3.05) is 4.90 Å². The van der Waals surface area contributed by atoms with Crippen molar-refractivity contribution in [1.29, 1.82) is 0 Å². The fraction of sp³-hybridized carbons (Fsp3) is 0.100. The van der Waals surface area contributed by atoms with Gasteiger partial charge < -0.3 is 10.2 Å². The molecule has 28 heavy (non-hydrogen) atoms. The third-order valence-electron chi connectivity index (χ3n) is 3.79. The zero-order valence-electron chi connectivity index (χ0n) is 14.7. The van der Waals surface area contributed by atoms with Gasteiger partial charge in [0, 0.05) is 6.21 Å². The van der Waals surface area contributed by atoms with Crippen LogP contribution < -0.4 is 4.90 Å². The number of amidine groups is 1. The molecule has 1 atom stereocenters. The van der Waals surface area contributed by atoms with Crippen molar-refractivity contribution in [1.82, 2.24) is 0 Å². The van der Waals surface area contributed by atoms with Gasteiger partial charge in [-0.2, -0.15) is 5.10 Å². The van der Waals surface area contributed by atoms with Gasteiger partial charge >= 0.3 is 5.97 Å². The van der Waals surface area contributed by atoms with Crippen molar-refractivity contribution in [3.63, 3.8) is 0 Å². The van der Waals surface area contributed by atoms with Crippen LogP contribution in [-0.2, 0) is 9.59 Å². The molecule has 0 bridgehead atoms. The number of carbonyl (C=O) groups excluding carboxylic acids is 1. The van der Waals surface area contributed by atoms with E-state index < -0.39 is 11.2 Å². The van der Waals surface area contributed by atoms with Gasteiger partial charge in [0.05, 0.1) is 12.1 Å². The maximum absolute atomic E-state index is 12.6. The molecule has 0 aliphatic carbocycles. The van der Waals surface area contributed by atoms with Crippen LogP contribution in [-0.4, -0.2) is 38.7 Å². The van der Waals surface area contributed by atoms with E-state index in [0.29, 0.717) is 5.69 Å². The molecular formula is C20H17N3O4S. The summed E-state index contributed by atoms with van der Waals surface area (Å²) in [5.41, 5.74) is 1.50. The van der Waals surface area contributed by atoms with Crippen LogP contribution in [0.2, 0.25) is 0 Å². The summed E-state index contributed by atoms with van der Waals surface area (Å²) in [6, 6.07) is 15.7. The number of nitrogens with zero attached hydrogens (tertiary/aromatic N) is 3. The van der Waals surface area contributed by atoms with E-state index in [0.717, 1.165) is 17.3 Å². The zero-order chi connectivity index (χ0) is 19.9. The normalized spacial score (nSPS) is 18.6. The molecule has 1 aliphatic heterocycles. The summed E-state index contributed by atoms with van der Waals surface area (Å²) >= 11 is 1.05. The minimum absolute atomic E-state index is 0.0627. The van der Waals surface area contributed by atoms with Crippen molar-refractivity contribution in [3.8, 4) is 5.75 Å². The summed E-state index contributed by atoms with van der Waals surface area (Å²) in [5.74, 6) is -1.38. The number of phenolic OH excluding ortho intramolecular Hbond substituents is 1. The molecule has 0 aromatic heterocycles. The largest absolute Gasteiger partial charge is 0.508 e. The summed E-state index contributed by atoms with van der Waals surface area (Å²) < 4.78 is 0. The van der Waals surface area contributed by atoms with Gasteiger partial charge in [0.25, 0.3) is 0 Å². The van der Waals surface area contributed by atoms with Crippen LogP contribution >= 0.6 is 11.8 Å². The Balaban J connectivity index is 1.80. The van der Waals surface area contributed by atoms with Gasteiger partial charge in [-0.1, -0.05) is 48.2 Å². The number of carboxylic acid groups (broad SMARTS) is 1. The number of carboxylic acids is 1. The number of anilines is 1. The highest BCUT2D eigenvalue weighted by Gasteiger charge is 2.40. The minimum atomic E-state index is -1.06. The summed E-state index contributed by atoms with van der Waals surface area (Å²) in [5, 5.41) is 26.0. The second-order valence-corrected chi connectivity index (χ2v) is 6.98. The van der Waals surface area contributed by atoms with Crippen LogP contribution in [0.5, 0.6) is 5.75 Å². The van der Waals surface area contributed by atoms with E-state index >= 15 is 0 Å². The Morgan fingerprint density at radius 1 is 1.14 bits per heavy atom. The second-order valence-electron chi connectivity index (χ2n) is 5.81. The number of rotatable bonds is 6. The Hall–Kier alpha value is -3.39. The van der Waals surface area contributed by atoms with Crippen LogP contribution in [0.1, 0.15) is 12.0 Å². The van der Waals surface area contributed by atoms with E-state index in [4.69, 9.17) is 5.11 Å². The molecular weight excluding hydrogens is 378 g/mol. The molecule has 2 aromatic carbocycles. The maximum Gasteiger partial charge on any atom is 0.305 e. The highest BCUT2D eigenvalue weighted by atomic mass is 32.2. The predicted molar refractivity (Wildman–Crippen MR) is 111 cm³/mol. The summed E-state index contributed by atoms with van der Waals surface area (Å²) in [4.78, 5) is 25.0. The molecule has 8 heteroatoms. The molecule has 2 N–H and O–H groups in total. The van der Waals surface area contributed by atoms with E-state index in [1.165, 1.54) is 23.2 Å². The Labute approximate surface area is 165 Å². The molecule has 0 unspecified atom stereocenters. The van der Waals surface area contributed by atoms with Crippen LogP contribution in [0, 0.1) is 0 Å². The van der Waals surface area contributed by atoms with E-state index in [1.807, 2.05) is 36.4 Å². The second kappa shape index (κ2) is 9.01. The minimum Gasteiger partial charge on any atom is -0.508 e. The van der Waals surface area contributed by atoms with Crippen LogP contribution in [0.4, 0.5) is 5.69 Å². The first-order valence-electron chi connectivity index (χ1n) is 8.39. The first-order chi connectivity index (χ1) is 13.5. The van der Waals surface area contributed by atoms with E-state index in [2.05, 4.69) is 10.2 Å². The average molecular weight is 395 g/mol. The van der Waals surface area contributed by atoms with Gasteiger partial charge in [-0.05, 0) is 35.9 Å². The molecule has 2 aromatic rings. The van der Waals surface area contributed by atoms with Crippen molar-refractivity contribution < 1.29 is 19.8 Å². The highest BCUT2D eigenvalue weighted by Crippen LogP contribution is 2.34. The fourth-order valence-electron chi connectivity index (χ4n) is 2.50. The summed E-state index contributed by atoms with van der Waals surface area (Å²) in [6.45, 7) is 0. The van der Waals surface area contributed by atoms with E-state index in [9.17, 15) is 14.7 Å². The number of hydrogen-bond donors (Lipinski definition) is 2. The Morgan fingerprint density at radius 3 is 2.54 bits per heavy atom. The van der Waals surface area contributed by atoms with Crippen LogP contribution in [0.3, 0.4) is 0 Å². The number of thioether (sulfide) groups is 1. The first-order valence-corrected chi connectivity index (χ1v) is 9.27. The fourth-order valence-corrected chi connectivity index (χ4v) is 3.59. The van der Waals surface area contributed by atoms with Gasteiger partial charge in [0.15, 0.2) is 5.17 Å². The SMILES string of the molecule is O=C(O)C[C@H]1S/C(=N/N=C\C=C\c2ccccc2)N(c2ccc(O)cc2)C1=O. The third-order valence-corrected chi connectivity index (χ3v) is 4.91. The smallest absolute Gasteiger partial charge is 0.305 e. The van der Waals surface area contributed by atoms with Gasteiger partial charge in [-0.25, -0.2) is 0 Å². The lowest BCUT2D eigenvalue weighted by atomic mass is 10.2. The predicted octanol–water partition coefficient (Wildman–Crippen LogP) is 3.37. The molecule has 7 nitrogen and oxygen atoms in total. The highest BCUT2D eigenvalue weighted by molar-refractivity contribution is 8.16. The lowest BCUT2D eigenvalue weighted by molar-refractivity contribution is -0.138. The lowest BCUT2D eigenvalue weighted by Crippen LogP contribution is -2.32. The number of phenols is 1. The Kier molecular flexibility index (Phi) is 6.23. The van der Waals surface area contributed by atoms with Crippen molar-refractivity contribution in [3.05, 3.63) is 66.2 Å². The Morgan fingerprint density at radius 2 is 1.86 bits per heavy atom. The summed E-state index contributed by atoms with van der Waals surface area (Å²) in [6.07, 6.45) is 4.77. The standard InChI is InChI=1S/C20H17N3O4S/c24-16-10-8-15(9-11-16)23-19(27)17(13-18(25)26)28-20(23)22-21-12-4-7-14-5-2-1-3-6-14/h1-12,17,24H,13H2,(H,25,26)/b7-4+,21-12-,22-20+/t17-/m1/s1. The molecule has 1 aliphatic rings. The van der Waals surface area contributed by atoms with Crippen LogP contribution in [0.15, 0.2) is 70.9 Å². The number of benzene rings is 2. The monoisotopic (exact) mass is 395 g/mol. The van der Waals surface area contributed by atoms with Gasteiger partial charge in [0.1, 0.15) is 11.0 Å². The average Bonchev–Trinajstić information content (AvgIpc) is 2.98. The van der Waals surface area contributed by atoms with Crippen LogP contribution in [0.25, 0.3) is 6.08 Å². The molecule has 0 saturated carbocycles. The zero-order valence-corrected chi connectivity index (χ0v) is 15.5. The number of allylic oxidation sites excluding steroid dienone is 1. The molecule has 1 saturated heterocycles. The third kappa shape index (κ3) is 4.86. The molecule has 0 radical (unpaired) electrons. The van der Waals surface area contributed by atoms with E-state index in [-0.39, 0.29) is 23.2 Å². The topological polar surface area (TPSA) is 103 Å². The number of hydrogen-bond acceptors (Lipinski definition) is 6. The van der Waals surface area contributed by atoms with Crippen molar-refractivity contribution in [2.45, 2.75) is 11.7 Å². The molecule has 0 spiro atoms. The number of aromatic hydroxyl groups is 1. The molecule has 1 fully saturated rings. The maximum atomic E-state index is 12.6. The summed E-state index contributed by atoms with van der Waals surface area (Å²) in [7, 11) is 0. The Bertz CT molecular complexity index is 940. The number of carbonyl (C=O) groups is 2.